The Morgan fingerprint density at radius 3 is 1.42 bits per heavy atom. The molecule has 0 aliphatic rings. The number of anilines is 1. The van der Waals surface area contributed by atoms with E-state index in [1.54, 1.807) is 0 Å². The first-order chi connectivity index (χ1) is 11.8. The van der Waals surface area contributed by atoms with Crippen LogP contribution in [0.5, 0.6) is 0 Å². The number of benzene rings is 3. The highest BCUT2D eigenvalue weighted by Gasteiger charge is 2.18. The Balaban J connectivity index is 1.99. The number of aromatic nitrogens is 1. The molecular weight excluding hydrogens is 292 g/mol. The summed E-state index contributed by atoms with van der Waals surface area (Å²) in [6.07, 6.45) is 0. The zero-order chi connectivity index (χ0) is 16.4. The van der Waals surface area contributed by atoms with Gasteiger partial charge in [0.2, 0.25) is 0 Å². The SMILES string of the molecule is Nc1c(-c2ccccc2)[nH]c(-c2ccccc2)c1-c1ccccc1. The smallest absolute Gasteiger partial charge is 0.0699 e. The lowest BCUT2D eigenvalue weighted by Crippen LogP contribution is -1.89. The molecule has 116 valence electrons. The van der Waals surface area contributed by atoms with Crippen LogP contribution < -0.4 is 5.73 Å². The lowest BCUT2D eigenvalue weighted by molar-refractivity contribution is 1.39. The van der Waals surface area contributed by atoms with Crippen molar-refractivity contribution in [1.82, 2.24) is 4.98 Å². The number of hydrogen-bond donors (Lipinski definition) is 2. The summed E-state index contributed by atoms with van der Waals surface area (Å²) in [5.74, 6) is 0. The Hall–Kier alpha value is -3.26. The highest BCUT2D eigenvalue weighted by molar-refractivity contribution is 5.97. The fourth-order valence-electron chi connectivity index (χ4n) is 3.07. The zero-order valence-corrected chi connectivity index (χ0v) is 13.2. The van der Waals surface area contributed by atoms with Crippen molar-refractivity contribution in [3.8, 4) is 33.6 Å². The highest BCUT2D eigenvalue weighted by Crippen LogP contribution is 2.42. The van der Waals surface area contributed by atoms with Crippen LogP contribution in [0.25, 0.3) is 33.6 Å². The minimum absolute atomic E-state index is 0.784. The molecule has 1 heterocycles. The van der Waals surface area contributed by atoms with Crippen molar-refractivity contribution in [2.45, 2.75) is 0 Å². The van der Waals surface area contributed by atoms with Gasteiger partial charge in [-0.15, -0.1) is 0 Å². The third kappa shape index (κ3) is 2.48. The van der Waals surface area contributed by atoms with Gasteiger partial charge < -0.3 is 10.7 Å². The number of hydrogen-bond acceptors (Lipinski definition) is 1. The number of nitrogens with one attached hydrogen (secondary N) is 1. The summed E-state index contributed by atoms with van der Waals surface area (Å²) in [5, 5.41) is 0. The molecule has 3 aromatic carbocycles. The van der Waals surface area contributed by atoms with E-state index in [0.717, 1.165) is 39.3 Å². The van der Waals surface area contributed by atoms with Crippen molar-refractivity contribution in [2.24, 2.45) is 0 Å². The molecule has 2 heteroatoms. The van der Waals surface area contributed by atoms with Gasteiger partial charge in [0.15, 0.2) is 0 Å². The fraction of sp³-hybridized carbons (Fsp3) is 0. The van der Waals surface area contributed by atoms with Crippen molar-refractivity contribution < 1.29 is 0 Å². The van der Waals surface area contributed by atoms with Crippen LogP contribution >= 0.6 is 0 Å². The van der Waals surface area contributed by atoms with Crippen molar-refractivity contribution in [3.63, 3.8) is 0 Å². The van der Waals surface area contributed by atoms with E-state index in [9.17, 15) is 0 Å². The molecule has 0 spiro atoms. The second-order valence-electron chi connectivity index (χ2n) is 5.76. The van der Waals surface area contributed by atoms with Crippen molar-refractivity contribution in [2.75, 3.05) is 5.73 Å². The van der Waals surface area contributed by atoms with Gasteiger partial charge in [-0.05, 0) is 11.1 Å². The molecular formula is C22H18N2. The molecule has 0 atom stereocenters. The summed E-state index contributed by atoms with van der Waals surface area (Å²) < 4.78 is 0. The van der Waals surface area contributed by atoms with Crippen LogP contribution in [0.15, 0.2) is 91.0 Å². The average Bonchev–Trinajstić information content (AvgIpc) is 3.01. The predicted molar refractivity (Wildman–Crippen MR) is 102 cm³/mol. The Labute approximate surface area is 141 Å². The Bertz CT molecular complexity index is 939. The van der Waals surface area contributed by atoms with Crippen molar-refractivity contribution >= 4 is 5.69 Å². The minimum Gasteiger partial charge on any atom is -0.396 e. The van der Waals surface area contributed by atoms with Gasteiger partial charge in [0.25, 0.3) is 0 Å². The average molecular weight is 310 g/mol. The molecule has 0 bridgehead atoms. The lowest BCUT2D eigenvalue weighted by atomic mass is 9.99. The molecule has 4 rings (SSSR count). The Kier molecular flexibility index (Phi) is 3.64. The van der Waals surface area contributed by atoms with Crippen LogP contribution in [0, 0.1) is 0 Å². The first-order valence-corrected chi connectivity index (χ1v) is 8.02. The molecule has 4 aromatic rings. The van der Waals surface area contributed by atoms with E-state index < -0.39 is 0 Å². The fourth-order valence-corrected chi connectivity index (χ4v) is 3.07. The van der Waals surface area contributed by atoms with Gasteiger partial charge in [0.05, 0.1) is 17.1 Å². The second-order valence-corrected chi connectivity index (χ2v) is 5.76. The summed E-state index contributed by atoms with van der Waals surface area (Å²) in [7, 11) is 0. The van der Waals surface area contributed by atoms with Crippen LogP contribution in [-0.4, -0.2) is 4.98 Å². The van der Waals surface area contributed by atoms with E-state index in [0.29, 0.717) is 0 Å². The standard InChI is InChI=1S/C22H18N2/c23-20-19(16-10-4-1-5-11-16)21(17-12-6-2-7-13-17)24-22(20)18-14-8-3-9-15-18/h1-15,24H,23H2. The maximum absolute atomic E-state index is 6.57. The monoisotopic (exact) mass is 310 g/mol. The molecule has 24 heavy (non-hydrogen) atoms. The Morgan fingerprint density at radius 2 is 0.917 bits per heavy atom. The molecule has 0 aliphatic carbocycles. The number of nitrogen functional groups attached to an aromatic ring is 1. The Morgan fingerprint density at radius 1 is 0.500 bits per heavy atom. The molecule has 3 N–H and O–H groups in total. The summed E-state index contributed by atoms with van der Waals surface area (Å²) in [6.45, 7) is 0. The van der Waals surface area contributed by atoms with Gasteiger partial charge in [0.1, 0.15) is 0 Å². The quantitative estimate of drug-likeness (QED) is 0.508. The first-order valence-electron chi connectivity index (χ1n) is 8.02. The molecule has 0 amide bonds. The van der Waals surface area contributed by atoms with Gasteiger partial charge >= 0.3 is 0 Å². The number of rotatable bonds is 3. The summed E-state index contributed by atoms with van der Waals surface area (Å²) in [4.78, 5) is 3.56. The molecule has 0 fully saturated rings. The third-order valence-corrected chi connectivity index (χ3v) is 4.23. The van der Waals surface area contributed by atoms with Crippen molar-refractivity contribution in [3.05, 3.63) is 91.0 Å². The molecule has 0 unspecified atom stereocenters. The largest absolute Gasteiger partial charge is 0.396 e. The minimum atomic E-state index is 0.784. The van der Waals surface area contributed by atoms with Gasteiger partial charge in [-0.2, -0.15) is 0 Å². The van der Waals surface area contributed by atoms with Gasteiger partial charge in [-0.1, -0.05) is 91.0 Å². The van der Waals surface area contributed by atoms with E-state index >= 15 is 0 Å². The van der Waals surface area contributed by atoms with E-state index in [2.05, 4.69) is 41.4 Å². The molecule has 0 saturated carbocycles. The molecule has 1 aromatic heterocycles. The predicted octanol–water partition coefficient (Wildman–Crippen LogP) is 5.60. The molecule has 0 saturated heterocycles. The van der Waals surface area contributed by atoms with Crippen LogP contribution in [-0.2, 0) is 0 Å². The van der Waals surface area contributed by atoms with E-state index in [-0.39, 0.29) is 0 Å². The molecule has 0 aliphatic heterocycles. The summed E-state index contributed by atoms with van der Waals surface area (Å²) in [5.41, 5.74) is 13.8. The maximum atomic E-state index is 6.57. The van der Waals surface area contributed by atoms with E-state index in [1.165, 1.54) is 0 Å². The van der Waals surface area contributed by atoms with Crippen LogP contribution in [0.3, 0.4) is 0 Å². The van der Waals surface area contributed by atoms with Gasteiger partial charge in [-0.25, -0.2) is 0 Å². The van der Waals surface area contributed by atoms with Gasteiger partial charge in [-0.3, -0.25) is 0 Å². The number of nitrogens with two attached hydrogens (primary N) is 1. The van der Waals surface area contributed by atoms with Crippen LogP contribution in [0.1, 0.15) is 0 Å². The normalized spacial score (nSPS) is 10.7. The number of H-pyrrole nitrogens is 1. The topological polar surface area (TPSA) is 41.8 Å². The third-order valence-electron chi connectivity index (χ3n) is 4.23. The molecule has 0 radical (unpaired) electrons. The van der Waals surface area contributed by atoms with E-state index in [4.69, 9.17) is 5.73 Å². The van der Waals surface area contributed by atoms with Gasteiger partial charge in [0, 0.05) is 11.1 Å². The van der Waals surface area contributed by atoms with Crippen molar-refractivity contribution in [1.29, 1.82) is 0 Å². The van der Waals surface area contributed by atoms with Crippen LogP contribution in [0.4, 0.5) is 5.69 Å². The van der Waals surface area contributed by atoms with E-state index in [1.807, 2.05) is 54.6 Å². The lowest BCUT2D eigenvalue weighted by Gasteiger charge is -2.06. The summed E-state index contributed by atoms with van der Waals surface area (Å²) >= 11 is 0. The highest BCUT2D eigenvalue weighted by atomic mass is 14.8. The molecule has 2 nitrogen and oxygen atoms in total. The summed E-state index contributed by atoms with van der Waals surface area (Å²) in [6, 6.07) is 30.8. The maximum Gasteiger partial charge on any atom is 0.0699 e. The number of aromatic amines is 1. The van der Waals surface area contributed by atoms with Crippen LogP contribution in [0.2, 0.25) is 0 Å². The second kappa shape index (κ2) is 6.09. The first kappa shape index (κ1) is 14.3. The zero-order valence-electron chi connectivity index (χ0n) is 13.2.